The summed E-state index contributed by atoms with van der Waals surface area (Å²) in [6, 6.07) is 0. The smallest absolute Gasteiger partial charge is 0.256 e. The van der Waals surface area contributed by atoms with Crippen LogP contribution in [-0.2, 0) is 7.05 Å². The summed E-state index contributed by atoms with van der Waals surface area (Å²) in [6.07, 6.45) is 13.0. The highest BCUT2D eigenvalue weighted by molar-refractivity contribution is 5.85. The molecule has 2 N–H and O–H groups in total. The molecule has 4 nitrogen and oxygen atoms in total. The second kappa shape index (κ2) is 5.06. The summed E-state index contributed by atoms with van der Waals surface area (Å²) in [5.74, 6) is 1.66. The molecule has 1 fully saturated rings. The van der Waals surface area contributed by atoms with Crippen LogP contribution < -0.4 is 10.5 Å². The van der Waals surface area contributed by atoms with Crippen LogP contribution in [0.1, 0.15) is 12.8 Å². The number of ether oxygens (including phenoxy) is 1. The average Bonchev–Trinajstić information content (AvgIpc) is 2.85. The summed E-state index contributed by atoms with van der Waals surface area (Å²) in [6.45, 7) is 0. The Bertz CT molecular complexity index is 481. The van der Waals surface area contributed by atoms with Gasteiger partial charge in [0.15, 0.2) is 0 Å². The minimum atomic E-state index is 0. The van der Waals surface area contributed by atoms with E-state index >= 15 is 0 Å². The number of rotatable bonds is 2. The standard InChI is InChI=1S/C13H17N3O.ClH/c1-16-8-11(14)13(15-16)17-12-7-6-9-4-2-3-5-10(9)12;/h2-5,8-10,12H,6-7,14H2,1H3;1H. The van der Waals surface area contributed by atoms with Crippen molar-refractivity contribution in [3.8, 4) is 5.88 Å². The van der Waals surface area contributed by atoms with Gasteiger partial charge >= 0.3 is 0 Å². The molecule has 1 saturated carbocycles. The van der Waals surface area contributed by atoms with Gasteiger partial charge in [-0.3, -0.25) is 4.68 Å². The zero-order chi connectivity index (χ0) is 11.8. The van der Waals surface area contributed by atoms with E-state index in [4.69, 9.17) is 10.5 Å². The summed E-state index contributed by atoms with van der Waals surface area (Å²) in [7, 11) is 1.85. The molecule has 98 valence electrons. The molecule has 1 aromatic rings. The maximum atomic E-state index is 5.95. The molecule has 18 heavy (non-hydrogen) atoms. The first-order chi connectivity index (χ1) is 8.24. The Labute approximate surface area is 113 Å². The topological polar surface area (TPSA) is 53.1 Å². The lowest BCUT2D eigenvalue weighted by Gasteiger charge is -2.21. The lowest BCUT2D eigenvalue weighted by molar-refractivity contribution is 0.165. The van der Waals surface area contributed by atoms with Crippen molar-refractivity contribution in [3.05, 3.63) is 30.5 Å². The van der Waals surface area contributed by atoms with Crippen molar-refractivity contribution in [2.45, 2.75) is 18.9 Å². The van der Waals surface area contributed by atoms with Crippen LogP contribution >= 0.6 is 12.4 Å². The van der Waals surface area contributed by atoms with Crippen molar-refractivity contribution >= 4 is 18.1 Å². The van der Waals surface area contributed by atoms with Gasteiger partial charge < -0.3 is 10.5 Å². The maximum absolute atomic E-state index is 5.95. The number of aryl methyl sites for hydroxylation is 1. The predicted molar refractivity (Wildman–Crippen MR) is 73.8 cm³/mol. The SMILES string of the molecule is Cl.Cn1cc(N)c(OC2CCC3C=CC=CC32)n1. The number of allylic oxidation sites excluding steroid dienone is 3. The van der Waals surface area contributed by atoms with Crippen LogP contribution in [0.3, 0.4) is 0 Å². The zero-order valence-corrected chi connectivity index (χ0v) is 11.1. The average molecular weight is 268 g/mol. The van der Waals surface area contributed by atoms with Gasteiger partial charge in [-0.05, 0) is 18.8 Å². The van der Waals surface area contributed by atoms with E-state index in [2.05, 4.69) is 29.4 Å². The number of nitrogens with zero attached hydrogens (tertiary/aromatic N) is 2. The third kappa shape index (κ3) is 2.25. The van der Waals surface area contributed by atoms with Gasteiger partial charge in [0.25, 0.3) is 5.88 Å². The minimum absolute atomic E-state index is 0. The van der Waals surface area contributed by atoms with E-state index < -0.39 is 0 Å². The molecule has 3 atom stereocenters. The number of hydrogen-bond donors (Lipinski definition) is 1. The summed E-state index contributed by atoms with van der Waals surface area (Å²) < 4.78 is 7.64. The monoisotopic (exact) mass is 267 g/mol. The van der Waals surface area contributed by atoms with Gasteiger partial charge in [0, 0.05) is 13.0 Å². The first-order valence-electron chi connectivity index (χ1n) is 6.05. The van der Waals surface area contributed by atoms with E-state index in [9.17, 15) is 0 Å². The number of halogens is 1. The second-order valence-corrected chi connectivity index (χ2v) is 4.81. The number of nitrogen functional groups attached to an aromatic ring is 1. The van der Waals surface area contributed by atoms with Crippen molar-refractivity contribution in [1.29, 1.82) is 0 Å². The summed E-state index contributed by atoms with van der Waals surface area (Å²) in [4.78, 5) is 0. The molecular formula is C13H18ClN3O. The number of fused-ring (bicyclic) bond motifs is 1. The van der Waals surface area contributed by atoms with Gasteiger partial charge in [-0.2, -0.15) is 0 Å². The van der Waals surface area contributed by atoms with E-state index in [1.807, 2.05) is 7.05 Å². The zero-order valence-electron chi connectivity index (χ0n) is 10.3. The first-order valence-corrected chi connectivity index (χ1v) is 6.05. The number of aromatic nitrogens is 2. The molecule has 5 heteroatoms. The predicted octanol–water partition coefficient (Wildman–Crippen LogP) is 2.32. The maximum Gasteiger partial charge on any atom is 0.256 e. The van der Waals surface area contributed by atoms with Crippen molar-refractivity contribution < 1.29 is 4.74 Å². The van der Waals surface area contributed by atoms with Gasteiger partial charge in [-0.1, -0.05) is 24.3 Å². The Morgan fingerprint density at radius 2 is 2.11 bits per heavy atom. The van der Waals surface area contributed by atoms with Crippen LogP contribution in [0.15, 0.2) is 30.5 Å². The molecule has 0 radical (unpaired) electrons. The molecule has 3 rings (SSSR count). The van der Waals surface area contributed by atoms with E-state index in [-0.39, 0.29) is 18.5 Å². The quantitative estimate of drug-likeness (QED) is 0.895. The fourth-order valence-corrected chi connectivity index (χ4v) is 2.77. The van der Waals surface area contributed by atoms with Gasteiger partial charge in [0.1, 0.15) is 11.8 Å². The molecule has 0 amide bonds. The van der Waals surface area contributed by atoms with Gasteiger partial charge in [-0.15, -0.1) is 17.5 Å². The van der Waals surface area contributed by atoms with Crippen molar-refractivity contribution in [3.63, 3.8) is 0 Å². The molecule has 2 aliphatic rings. The Hall–Kier alpha value is -1.42. The molecule has 0 aromatic carbocycles. The van der Waals surface area contributed by atoms with Crippen LogP contribution in [0.5, 0.6) is 5.88 Å². The fourth-order valence-electron chi connectivity index (χ4n) is 2.77. The second-order valence-electron chi connectivity index (χ2n) is 4.81. The normalized spacial score (nSPS) is 28.8. The largest absolute Gasteiger partial charge is 0.471 e. The third-order valence-corrected chi connectivity index (χ3v) is 3.60. The summed E-state index contributed by atoms with van der Waals surface area (Å²) in [5.41, 5.74) is 6.46. The highest BCUT2D eigenvalue weighted by Crippen LogP contribution is 2.38. The molecule has 1 heterocycles. The van der Waals surface area contributed by atoms with Crippen LogP contribution in [0.25, 0.3) is 0 Å². The molecule has 2 aliphatic carbocycles. The molecule has 0 spiro atoms. The minimum Gasteiger partial charge on any atom is -0.471 e. The highest BCUT2D eigenvalue weighted by Gasteiger charge is 2.35. The first kappa shape index (κ1) is 13.0. The van der Waals surface area contributed by atoms with Crippen LogP contribution in [0, 0.1) is 11.8 Å². The summed E-state index contributed by atoms with van der Waals surface area (Å²) >= 11 is 0. The van der Waals surface area contributed by atoms with Crippen molar-refractivity contribution in [1.82, 2.24) is 9.78 Å². The molecule has 0 saturated heterocycles. The van der Waals surface area contributed by atoms with Gasteiger partial charge in [0.2, 0.25) is 0 Å². The lowest BCUT2D eigenvalue weighted by Crippen LogP contribution is -2.24. The van der Waals surface area contributed by atoms with Crippen molar-refractivity contribution in [2.24, 2.45) is 18.9 Å². The fraction of sp³-hybridized carbons (Fsp3) is 0.462. The molecule has 0 bridgehead atoms. The van der Waals surface area contributed by atoms with Crippen LogP contribution in [0.4, 0.5) is 5.69 Å². The number of anilines is 1. The number of hydrogen-bond acceptors (Lipinski definition) is 3. The molecule has 0 aliphatic heterocycles. The Kier molecular flexibility index (Phi) is 3.66. The molecular weight excluding hydrogens is 250 g/mol. The van der Waals surface area contributed by atoms with Crippen LogP contribution in [-0.4, -0.2) is 15.9 Å². The van der Waals surface area contributed by atoms with Crippen molar-refractivity contribution in [2.75, 3.05) is 5.73 Å². The van der Waals surface area contributed by atoms with Crippen LogP contribution in [0.2, 0.25) is 0 Å². The van der Waals surface area contributed by atoms with E-state index in [1.54, 1.807) is 10.9 Å². The summed E-state index contributed by atoms with van der Waals surface area (Å²) in [5, 5.41) is 4.24. The Balaban J connectivity index is 0.00000120. The molecule has 3 unspecified atom stereocenters. The van der Waals surface area contributed by atoms with E-state index in [1.165, 1.54) is 6.42 Å². The Morgan fingerprint density at radius 3 is 2.83 bits per heavy atom. The van der Waals surface area contributed by atoms with Gasteiger partial charge in [0.05, 0.1) is 6.20 Å². The van der Waals surface area contributed by atoms with Gasteiger partial charge in [-0.25, -0.2) is 0 Å². The lowest BCUT2D eigenvalue weighted by atomic mass is 9.91. The van der Waals surface area contributed by atoms with E-state index in [0.29, 0.717) is 23.4 Å². The Morgan fingerprint density at radius 1 is 1.33 bits per heavy atom. The highest BCUT2D eigenvalue weighted by atomic mass is 35.5. The number of nitrogens with two attached hydrogens (primary N) is 1. The third-order valence-electron chi connectivity index (χ3n) is 3.60. The molecule has 1 aromatic heterocycles. The van der Waals surface area contributed by atoms with E-state index in [0.717, 1.165) is 6.42 Å².